The van der Waals surface area contributed by atoms with E-state index in [4.69, 9.17) is 10.5 Å². The zero-order valence-electron chi connectivity index (χ0n) is 12.0. The van der Waals surface area contributed by atoms with E-state index < -0.39 is 0 Å². The molecule has 1 amide bonds. The number of nitrogens with two attached hydrogens (primary N) is 1. The Balaban J connectivity index is 1.61. The first-order valence-electron chi connectivity index (χ1n) is 7.45. The second-order valence-electron chi connectivity index (χ2n) is 5.32. The summed E-state index contributed by atoms with van der Waals surface area (Å²) in [6, 6.07) is 9.71. The predicted octanol–water partition coefficient (Wildman–Crippen LogP) is 2.04. The van der Waals surface area contributed by atoms with Crippen LogP contribution in [0.25, 0.3) is 0 Å². The van der Waals surface area contributed by atoms with E-state index in [0.29, 0.717) is 18.9 Å². The van der Waals surface area contributed by atoms with Crippen LogP contribution in [0.1, 0.15) is 25.7 Å². The summed E-state index contributed by atoms with van der Waals surface area (Å²) in [5, 5.41) is 0. The van der Waals surface area contributed by atoms with Crippen molar-refractivity contribution in [2.75, 3.05) is 26.2 Å². The van der Waals surface area contributed by atoms with Gasteiger partial charge in [-0.2, -0.15) is 0 Å². The summed E-state index contributed by atoms with van der Waals surface area (Å²) < 4.78 is 5.59. The Labute approximate surface area is 120 Å². The maximum atomic E-state index is 12.0. The molecule has 0 atom stereocenters. The number of benzene rings is 1. The van der Waals surface area contributed by atoms with Crippen molar-refractivity contribution >= 4 is 5.91 Å². The van der Waals surface area contributed by atoms with Crippen LogP contribution in [0.4, 0.5) is 0 Å². The third kappa shape index (κ3) is 4.53. The van der Waals surface area contributed by atoms with Crippen molar-refractivity contribution in [2.24, 2.45) is 11.7 Å². The quantitative estimate of drug-likeness (QED) is 0.809. The van der Waals surface area contributed by atoms with Crippen LogP contribution in [-0.2, 0) is 4.79 Å². The van der Waals surface area contributed by atoms with Crippen molar-refractivity contribution in [1.29, 1.82) is 0 Å². The van der Waals surface area contributed by atoms with Crippen molar-refractivity contribution in [1.82, 2.24) is 4.90 Å². The molecule has 0 bridgehead atoms. The van der Waals surface area contributed by atoms with Gasteiger partial charge in [0.15, 0.2) is 0 Å². The van der Waals surface area contributed by atoms with Gasteiger partial charge in [-0.1, -0.05) is 18.2 Å². The lowest BCUT2D eigenvalue weighted by Gasteiger charge is -2.31. The van der Waals surface area contributed by atoms with Gasteiger partial charge in [-0.15, -0.1) is 0 Å². The molecule has 0 saturated carbocycles. The Morgan fingerprint density at radius 3 is 2.60 bits per heavy atom. The van der Waals surface area contributed by atoms with Crippen LogP contribution in [0.3, 0.4) is 0 Å². The van der Waals surface area contributed by atoms with Crippen LogP contribution in [0.2, 0.25) is 0 Å². The van der Waals surface area contributed by atoms with Gasteiger partial charge in [-0.05, 0) is 43.9 Å². The lowest BCUT2D eigenvalue weighted by atomic mass is 9.97. The minimum absolute atomic E-state index is 0.247. The van der Waals surface area contributed by atoms with Crippen molar-refractivity contribution in [3.05, 3.63) is 30.3 Å². The van der Waals surface area contributed by atoms with Gasteiger partial charge in [0, 0.05) is 19.5 Å². The first-order valence-corrected chi connectivity index (χ1v) is 7.45. The van der Waals surface area contributed by atoms with Crippen LogP contribution < -0.4 is 10.5 Å². The number of likely N-dealkylation sites (tertiary alicyclic amines) is 1. The van der Waals surface area contributed by atoms with E-state index in [1.165, 1.54) is 0 Å². The van der Waals surface area contributed by atoms with E-state index >= 15 is 0 Å². The third-order valence-electron chi connectivity index (χ3n) is 3.85. The van der Waals surface area contributed by atoms with Gasteiger partial charge >= 0.3 is 0 Å². The molecule has 4 nitrogen and oxygen atoms in total. The number of carbonyl (C=O) groups excluding carboxylic acids is 1. The normalized spacial score (nSPS) is 16.1. The topological polar surface area (TPSA) is 55.6 Å². The summed E-state index contributed by atoms with van der Waals surface area (Å²) in [5.74, 6) is 1.71. The zero-order chi connectivity index (χ0) is 14.2. The molecule has 0 spiro atoms. The Kier molecular flexibility index (Phi) is 5.87. The number of carbonyl (C=O) groups is 1. The highest BCUT2D eigenvalue weighted by molar-refractivity contribution is 5.76. The molecule has 0 aromatic heterocycles. The number of rotatable bonds is 6. The molecule has 2 rings (SSSR count). The molecule has 0 unspecified atom stereocenters. The van der Waals surface area contributed by atoms with E-state index in [-0.39, 0.29) is 5.91 Å². The van der Waals surface area contributed by atoms with Crippen LogP contribution in [0.15, 0.2) is 30.3 Å². The molecule has 0 aliphatic carbocycles. The lowest BCUT2D eigenvalue weighted by molar-refractivity contribution is -0.132. The van der Waals surface area contributed by atoms with Gasteiger partial charge < -0.3 is 15.4 Å². The van der Waals surface area contributed by atoms with E-state index in [0.717, 1.165) is 44.6 Å². The number of amides is 1. The van der Waals surface area contributed by atoms with E-state index in [2.05, 4.69) is 0 Å². The molecular weight excluding hydrogens is 252 g/mol. The van der Waals surface area contributed by atoms with Gasteiger partial charge in [0.05, 0.1) is 6.61 Å². The average Bonchev–Trinajstić information content (AvgIpc) is 2.52. The summed E-state index contributed by atoms with van der Waals surface area (Å²) in [6.07, 6.45) is 3.43. The Morgan fingerprint density at radius 2 is 1.95 bits per heavy atom. The van der Waals surface area contributed by atoms with Gasteiger partial charge in [0.1, 0.15) is 5.75 Å². The first kappa shape index (κ1) is 14.9. The zero-order valence-corrected chi connectivity index (χ0v) is 12.0. The molecule has 1 aliphatic rings. The summed E-state index contributed by atoms with van der Waals surface area (Å²) in [4.78, 5) is 14.0. The van der Waals surface area contributed by atoms with Crippen LogP contribution in [-0.4, -0.2) is 37.0 Å². The highest BCUT2D eigenvalue weighted by atomic mass is 16.5. The summed E-state index contributed by atoms with van der Waals surface area (Å²) >= 11 is 0. The molecular formula is C16H24N2O2. The second-order valence-corrected chi connectivity index (χ2v) is 5.32. The van der Waals surface area contributed by atoms with Crippen molar-refractivity contribution in [2.45, 2.75) is 25.7 Å². The lowest BCUT2D eigenvalue weighted by Crippen LogP contribution is -2.40. The highest BCUT2D eigenvalue weighted by Gasteiger charge is 2.21. The van der Waals surface area contributed by atoms with Crippen molar-refractivity contribution < 1.29 is 9.53 Å². The van der Waals surface area contributed by atoms with Gasteiger partial charge in [-0.3, -0.25) is 4.79 Å². The highest BCUT2D eigenvalue weighted by Crippen LogP contribution is 2.17. The summed E-state index contributed by atoms with van der Waals surface area (Å²) in [7, 11) is 0. The predicted molar refractivity (Wildman–Crippen MR) is 79.5 cm³/mol. The molecule has 1 fully saturated rings. The van der Waals surface area contributed by atoms with Gasteiger partial charge in [0.2, 0.25) is 5.91 Å². The number of nitrogens with zero attached hydrogens (tertiary/aromatic N) is 1. The maximum absolute atomic E-state index is 12.0. The van der Waals surface area contributed by atoms with Crippen molar-refractivity contribution in [3.8, 4) is 5.75 Å². The largest absolute Gasteiger partial charge is 0.494 e. The Bertz CT molecular complexity index is 400. The molecule has 1 saturated heterocycles. The van der Waals surface area contributed by atoms with Gasteiger partial charge in [0.25, 0.3) is 0 Å². The molecule has 1 aromatic rings. The molecule has 1 aromatic carbocycles. The number of hydrogen-bond acceptors (Lipinski definition) is 3. The number of ether oxygens (including phenoxy) is 1. The standard InChI is InChI=1S/C16H24N2O2/c17-13-14-8-10-18(11-9-14)16(19)7-4-12-20-15-5-2-1-3-6-15/h1-3,5-6,14H,4,7-13,17H2. The summed E-state index contributed by atoms with van der Waals surface area (Å²) in [5.41, 5.74) is 5.66. The molecule has 4 heteroatoms. The average molecular weight is 276 g/mol. The van der Waals surface area contributed by atoms with Crippen LogP contribution in [0.5, 0.6) is 5.75 Å². The monoisotopic (exact) mass is 276 g/mol. The summed E-state index contributed by atoms with van der Waals surface area (Å²) in [6.45, 7) is 3.06. The number of hydrogen-bond donors (Lipinski definition) is 1. The number of piperidine rings is 1. The fraction of sp³-hybridized carbons (Fsp3) is 0.562. The van der Waals surface area contributed by atoms with E-state index in [9.17, 15) is 4.79 Å². The smallest absolute Gasteiger partial charge is 0.222 e. The fourth-order valence-electron chi connectivity index (χ4n) is 2.51. The molecule has 20 heavy (non-hydrogen) atoms. The minimum Gasteiger partial charge on any atom is -0.494 e. The van der Waals surface area contributed by atoms with Crippen LogP contribution >= 0.6 is 0 Å². The maximum Gasteiger partial charge on any atom is 0.222 e. The number of para-hydroxylation sites is 1. The SMILES string of the molecule is NCC1CCN(C(=O)CCCOc2ccccc2)CC1. The fourth-order valence-corrected chi connectivity index (χ4v) is 2.51. The Hall–Kier alpha value is -1.55. The Morgan fingerprint density at radius 1 is 1.25 bits per heavy atom. The molecule has 0 radical (unpaired) electrons. The molecule has 2 N–H and O–H groups in total. The molecule has 110 valence electrons. The molecule has 1 heterocycles. The van der Waals surface area contributed by atoms with E-state index in [1.807, 2.05) is 35.2 Å². The van der Waals surface area contributed by atoms with E-state index in [1.54, 1.807) is 0 Å². The van der Waals surface area contributed by atoms with Gasteiger partial charge in [-0.25, -0.2) is 0 Å². The van der Waals surface area contributed by atoms with Crippen molar-refractivity contribution in [3.63, 3.8) is 0 Å². The second kappa shape index (κ2) is 7.90. The first-order chi connectivity index (χ1) is 9.79. The van der Waals surface area contributed by atoms with Crippen LogP contribution in [0, 0.1) is 5.92 Å². The minimum atomic E-state index is 0.247. The molecule has 1 aliphatic heterocycles. The third-order valence-corrected chi connectivity index (χ3v) is 3.85.